The summed E-state index contributed by atoms with van der Waals surface area (Å²) >= 11 is 0. The maximum Gasteiger partial charge on any atom is 0.125 e. The quantitative estimate of drug-likeness (QED) is 0.739. The number of aromatic nitrogens is 1. The molecule has 0 fully saturated rings. The molecule has 2 aromatic rings. The second-order valence-corrected chi connectivity index (χ2v) is 3.51. The van der Waals surface area contributed by atoms with Gasteiger partial charge in [-0.3, -0.25) is 0 Å². The van der Waals surface area contributed by atoms with Gasteiger partial charge in [0.05, 0.1) is 11.6 Å². The van der Waals surface area contributed by atoms with E-state index in [2.05, 4.69) is 0 Å². The van der Waals surface area contributed by atoms with Crippen LogP contribution in [0.15, 0.2) is 24.3 Å². The number of hydrogen-bond acceptors (Lipinski definition) is 1. The zero-order chi connectivity index (χ0) is 10.3. The van der Waals surface area contributed by atoms with Gasteiger partial charge in [-0.2, -0.15) is 0 Å². The Morgan fingerprint density at radius 1 is 1.36 bits per heavy atom. The summed E-state index contributed by atoms with van der Waals surface area (Å²) in [7, 11) is 1.82. The Balaban J connectivity index is 2.74. The number of nitrogens with zero attached hydrogens (tertiary/aromatic N) is 1. The molecule has 0 aliphatic heterocycles. The lowest BCUT2D eigenvalue weighted by Gasteiger charge is -2.05. The van der Waals surface area contributed by atoms with Crippen LogP contribution < -0.4 is 0 Å². The summed E-state index contributed by atoms with van der Waals surface area (Å²) in [6.45, 7) is 1.70. The average Bonchev–Trinajstić information content (AvgIpc) is 2.44. The molecule has 1 aromatic heterocycles. The summed E-state index contributed by atoms with van der Waals surface area (Å²) in [6, 6.07) is 6.49. The van der Waals surface area contributed by atoms with E-state index in [-0.39, 0.29) is 5.82 Å². The Bertz CT molecular complexity index is 473. The molecule has 0 saturated heterocycles. The molecule has 0 bridgehead atoms. The number of hydrogen-bond donors (Lipinski definition) is 1. The van der Waals surface area contributed by atoms with Gasteiger partial charge in [-0.15, -0.1) is 0 Å². The predicted molar refractivity (Wildman–Crippen MR) is 53.5 cm³/mol. The van der Waals surface area contributed by atoms with Gasteiger partial charge in [0.1, 0.15) is 5.82 Å². The third-order valence-corrected chi connectivity index (χ3v) is 2.47. The lowest BCUT2D eigenvalue weighted by Crippen LogP contribution is -1.99. The number of benzene rings is 1. The van der Waals surface area contributed by atoms with E-state index in [1.807, 2.05) is 17.7 Å². The molecule has 1 aromatic carbocycles. The van der Waals surface area contributed by atoms with Crippen molar-refractivity contribution in [3.05, 3.63) is 35.8 Å². The minimum absolute atomic E-state index is 0.254. The van der Waals surface area contributed by atoms with E-state index in [4.69, 9.17) is 0 Å². The van der Waals surface area contributed by atoms with Gasteiger partial charge in [0.25, 0.3) is 0 Å². The smallest absolute Gasteiger partial charge is 0.125 e. The van der Waals surface area contributed by atoms with Gasteiger partial charge in [0.2, 0.25) is 0 Å². The number of aliphatic hydroxyl groups excluding tert-OH is 1. The van der Waals surface area contributed by atoms with E-state index in [1.54, 1.807) is 13.0 Å². The molecule has 2 nitrogen and oxygen atoms in total. The molecule has 0 spiro atoms. The summed E-state index contributed by atoms with van der Waals surface area (Å²) < 4.78 is 14.8. The highest BCUT2D eigenvalue weighted by molar-refractivity contribution is 5.81. The van der Waals surface area contributed by atoms with Crippen LogP contribution in [0.5, 0.6) is 0 Å². The molecule has 2 rings (SSSR count). The summed E-state index contributed by atoms with van der Waals surface area (Å²) in [5.74, 6) is -0.254. The fraction of sp³-hybridized carbons (Fsp3) is 0.273. The van der Waals surface area contributed by atoms with Crippen molar-refractivity contribution in [3.8, 4) is 0 Å². The Morgan fingerprint density at radius 2 is 2.07 bits per heavy atom. The molecule has 0 aliphatic rings. The molecular formula is C11H12FNO. The number of fused-ring (bicyclic) bond motifs is 1. The highest BCUT2D eigenvalue weighted by Gasteiger charge is 2.09. The van der Waals surface area contributed by atoms with Crippen LogP contribution in [0.4, 0.5) is 4.39 Å². The van der Waals surface area contributed by atoms with Gasteiger partial charge >= 0.3 is 0 Å². The van der Waals surface area contributed by atoms with E-state index in [9.17, 15) is 9.50 Å². The molecule has 0 amide bonds. The number of rotatable bonds is 1. The van der Waals surface area contributed by atoms with Crippen molar-refractivity contribution in [1.82, 2.24) is 4.57 Å². The van der Waals surface area contributed by atoms with Gasteiger partial charge in [-0.1, -0.05) is 0 Å². The van der Waals surface area contributed by atoms with Gasteiger partial charge in [-0.05, 0) is 31.2 Å². The molecule has 74 valence electrons. The van der Waals surface area contributed by atoms with Crippen molar-refractivity contribution < 1.29 is 9.50 Å². The summed E-state index contributed by atoms with van der Waals surface area (Å²) in [4.78, 5) is 0. The summed E-state index contributed by atoms with van der Waals surface area (Å²) in [5, 5.41) is 10.4. The maximum atomic E-state index is 13.0. The molecule has 1 N–H and O–H groups in total. The first-order chi connectivity index (χ1) is 6.59. The molecule has 3 heteroatoms. The minimum Gasteiger partial charge on any atom is -0.387 e. The van der Waals surface area contributed by atoms with Crippen LogP contribution in [0.1, 0.15) is 18.7 Å². The molecular weight excluding hydrogens is 181 g/mol. The molecule has 0 saturated carbocycles. The van der Waals surface area contributed by atoms with Crippen LogP contribution in [0, 0.1) is 5.82 Å². The van der Waals surface area contributed by atoms with Gasteiger partial charge in [0.15, 0.2) is 0 Å². The largest absolute Gasteiger partial charge is 0.387 e. The van der Waals surface area contributed by atoms with Gasteiger partial charge in [0, 0.05) is 18.1 Å². The van der Waals surface area contributed by atoms with Gasteiger partial charge < -0.3 is 9.67 Å². The van der Waals surface area contributed by atoms with Crippen LogP contribution in [0.2, 0.25) is 0 Å². The normalized spacial score (nSPS) is 13.4. The fourth-order valence-corrected chi connectivity index (χ4v) is 1.73. The zero-order valence-electron chi connectivity index (χ0n) is 8.16. The Hall–Kier alpha value is -1.35. The molecule has 14 heavy (non-hydrogen) atoms. The lowest BCUT2D eigenvalue weighted by molar-refractivity contribution is 0.191. The van der Waals surface area contributed by atoms with E-state index in [0.29, 0.717) is 0 Å². The van der Waals surface area contributed by atoms with Crippen LogP contribution in [-0.4, -0.2) is 9.67 Å². The highest BCUT2D eigenvalue weighted by atomic mass is 19.1. The zero-order valence-corrected chi connectivity index (χ0v) is 8.16. The standard InChI is InChI=1S/C11H12FNO/c1-7(14)10-5-8-3-4-9(12)6-11(8)13(10)2/h3-7,14H,1-2H3. The lowest BCUT2D eigenvalue weighted by atomic mass is 10.2. The molecule has 0 radical (unpaired) electrons. The van der Waals surface area contributed by atoms with Gasteiger partial charge in [-0.25, -0.2) is 4.39 Å². The van der Waals surface area contributed by atoms with Crippen molar-refractivity contribution >= 4 is 10.9 Å². The Kier molecular flexibility index (Phi) is 2.04. The minimum atomic E-state index is -0.532. The van der Waals surface area contributed by atoms with Crippen molar-refractivity contribution in [2.45, 2.75) is 13.0 Å². The monoisotopic (exact) mass is 193 g/mol. The van der Waals surface area contributed by atoms with E-state index < -0.39 is 6.10 Å². The average molecular weight is 193 g/mol. The Morgan fingerprint density at radius 3 is 2.71 bits per heavy atom. The second-order valence-electron chi connectivity index (χ2n) is 3.51. The molecule has 1 atom stereocenters. The van der Waals surface area contributed by atoms with Crippen molar-refractivity contribution in [2.24, 2.45) is 7.05 Å². The van der Waals surface area contributed by atoms with Crippen molar-refractivity contribution in [1.29, 1.82) is 0 Å². The molecule has 1 heterocycles. The van der Waals surface area contributed by atoms with E-state index in [1.165, 1.54) is 12.1 Å². The maximum absolute atomic E-state index is 13.0. The van der Waals surface area contributed by atoms with Crippen molar-refractivity contribution in [3.63, 3.8) is 0 Å². The van der Waals surface area contributed by atoms with E-state index >= 15 is 0 Å². The second kappa shape index (κ2) is 3.10. The number of aryl methyl sites for hydroxylation is 1. The summed E-state index contributed by atoms with van der Waals surface area (Å²) in [5.41, 5.74) is 1.60. The molecule has 1 unspecified atom stereocenters. The topological polar surface area (TPSA) is 25.2 Å². The van der Waals surface area contributed by atoms with Crippen LogP contribution >= 0.6 is 0 Å². The fourth-order valence-electron chi connectivity index (χ4n) is 1.73. The SMILES string of the molecule is CC(O)c1cc2ccc(F)cc2n1C. The van der Waals surface area contributed by atoms with E-state index in [0.717, 1.165) is 16.6 Å². The third-order valence-electron chi connectivity index (χ3n) is 2.47. The molecule has 0 aliphatic carbocycles. The first-order valence-corrected chi connectivity index (χ1v) is 4.52. The first kappa shape index (κ1) is 9.21. The predicted octanol–water partition coefficient (Wildman–Crippen LogP) is 2.37. The highest BCUT2D eigenvalue weighted by Crippen LogP contribution is 2.23. The van der Waals surface area contributed by atoms with Crippen LogP contribution in [0.25, 0.3) is 10.9 Å². The number of aliphatic hydroxyl groups is 1. The summed E-state index contributed by atoms with van der Waals surface area (Å²) in [6.07, 6.45) is -0.532. The number of halogens is 1. The third kappa shape index (κ3) is 1.30. The first-order valence-electron chi connectivity index (χ1n) is 4.52. The van der Waals surface area contributed by atoms with Crippen LogP contribution in [0.3, 0.4) is 0 Å². The Labute approximate surface area is 81.6 Å². The van der Waals surface area contributed by atoms with Crippen LogP contribution in [-0.2, 0) is 7.05 Å². The van der Waals surface area contributed by atoms with Crippen molar-refractivity contribution in [2.75, 3.05) is 0 Å².